The van der Waals surface area contributed by atoms with Crippen LogP contribution < -0.4 is 16.6 Å². The second kappa shape index (κ2) is 7.00. The van der Waals surface area contributed by atoms with Gasteiger partial charge in [0, 0.05) is 19.8 Å². The summed E-state index contributed by atoms with van der Waals surface area (Å²) in [5.41, 5.74) is 5.81. The number of allylic oxidation sites excluding steroid dienone is 3. The molecular weight excluding hydrogens is 416 g/mol. The molecular formula is C26H24N4O3. The molecule has 166 valence electrons. The van der Waals surface area contributed by atoms with Crippen LogP contribution in [0.5, 0.6) is 0 Å². The van der Waals surface area contributed by atoms with Crippen molar-refractivity contribution >= 4 is 16.6 Å². The van der Waals surface area contributed by atoms with E-state index in [1.165, 1.54) is 11.6 Å². The molecule has 1 aromatic carbocycles. The monoisotopic (exact) mass is 440 g/mol. The van der Waals surface area contributed by atoms with Gasteiger partial charge in [-0.25, -0.2) is 4.79 Å². The fourth-order valence-corrected chi connectivity index (χ4v) is 5.21. The third-order valence-electron chi connectivity index (χ3n) is 6.71. The van der Waals surface area contributed by atoms with Crippen LogP contribution in [0.25, 0.3) is 27.9 Å². The molecule has 1 aliphatic carbocycles. The molecule has 4 aromatic rings. The van der Waals surface area contributed by atoms with Gasteiger partial charge >= 0.3 is 5.69 Å². The van der Waals surface area contributed by atoms with Crippen LogP contribution in [0.4, 0.5) is 0 Å². The number of benzene rings is 1. The van der Waals surface area contributed by atoms with Crippen LogP contribution in [0, 0.1) is 6.92 Å². The van der Waals surface area contributed by atoms with Gasteiger partial charge in [-0.2, -0.15) is 0 Å². The molecule has 0 fully saturated rings. The van der Waals surface area contributed by atoms with Gasteiger partial charge in [0.2, 0.25) is 0 Å². The Kier molecular flexibility index (Phi) is 4.17. The Morgan fingerprint density at radius 2 is 1.94 bits per heavy atom. The molecule has 1 aliphatic heterocycles. The zero-order valence-electron chi connectivity index (χ0n) is 18.8. The van der Waals surface area contributed by atoms with Crippen LogP contribution in [-0.4, -0.2) is 13.7 Å². The number of rotatable bonds is 2. The summed E-state index contributed by atoms with van der Waals surface area (Å²) in [6.45, 7) is 2.04. The molecule has 6 rings (SSSR count). The van der Waals surface area contributed by atoms with Crippen molar-refractivity contribution in [3.05, 3.63) is 98.4 Å². The van der Waals surface area contributed by atoms with E-state index in [2.05, 4.69) is 28.1 Å². The van der Waals surface area contributed by atoms with E-state index >= 15 is 0 Å². The molecule has 0 bridgehead atoms. The van der Waals surface area contributed by atoms with Gasteiger partial charge in [0.1, 0.15) is 11.8 Å². The van der Waals surface area contributed by atoms with E-state index in [1.807, 2.05) is 37.3 Å². The molecule has 0 radical (unpaired) electrons. The fourth-order valence-electron chi connectivity index (χ4n) is 5.21. The van der Waals surface area contributed by atoms with Crippen LogP contribution in [-0.2, 0) is 14.1 Å². The van der Waals surface area contributed by atoms with Crippen LogP contribution >= 0.6 is 0 Å². The average Bonchev–Trinajstić information content (AvgIpc) is 3.48. The highest BCUT2D eigenvalue weighted by atomic mass is 16.3. The molecule has 1 unspecified atom stereocenters. The van der Waals surface area contributed by atoms with Crippen molar-refractivity contribution in [1.82, 2.24) is 19.0 Å². The quantitative estimate of drug-likeness (QED) is 0.514. The Morgan fingerprint density at radius 3 is 2.70 bits per heavy atom. The lowest BCUT2D eigenvalue weighted by atomic mass is 10.0. The van der Waals surface area contributed by atoms with E-state index in [-0.39, 0.29) is 17.3 Å². The highest BCUT2D eigenvalue weighted by Crippen LogP contribution is 2.44. The van der Waals surface area contributed by atoms with Crippen molar-refractivity contribution in [2.45, 2.75) is 25.8 Å². The molecule has 4 heterocycles. The predicted octanol–water partition coefficient (Wildman–Crippen LogP) is 3.82. The first kappa shape index (κ1) is 19.7. The molecule has 0 saturated carbocycles. The molecule has 1 atom stereocenters. The van der Waals surface area contributed by atoms with E-state index in [9.17, 15) is 9.59 Å². The third kappa shape index (κ3) is 2.68. The van der Waals surface area contributed by atoms with Gasteiger partial charge < -0.3 is 14.3 Å². The molecule has 33 heavy (non-hydrogen) atoms. The van der Waals surface area contributed by atoms with Crippen molar-refractivity contribution < 1.29 is 4.42 Å². The topological polar surface area (TPSA) is 74.1 Å². The molecule has 0 amide bonds. The van der Waals surface area contributed by atoms with Gasteiger partial charge in [0.25, 0.3) is 5.56 Å². The molecule has 0 saturated heterocycles. The van der Waals surface area contributed by atoms with Crippen molar-refractivity contribution in [3.63, 3.8) is 0 Å². The van der Waals surface area contributed by atoms with Crippen molar-refractivity contribution in [2.75, 3.05) is 0 Å². The number of fused-ring (bicyclic) bond motifs is 4. The molecule has 7 nitrogen and oxygen atoms in total. The largest absolute Gasteiger partial charge is 0.467 e. The average molecular weight is 441 g/mol. The Labute approximate surface area is 189 Å². The number of aryl methyl sites for hydroxylation is 2. The first-order valence-corrected chi connectivity index (χ1v) is 11.1. The molecule has 0 spiro atoms. The Hall–Kier alpha value is -4.00. The molecule has 2 aliphatic rings. The van der Waals surface area contributed by atoms with Crippen LogP contribution in [0.1, 0.15) is 35.9 Å². The SMILES string of the molecule is Cc1cccc(-c2c3c(=O)n(C)c(=O)n(C)c3c3n2C2=C(C=CCC2)NC3c2ccco2)c1. The standard InChI is InChI=1S/C26H24N4O3/c1-15-8-6-9-16(14-15)22-20-23(28(2)26(32)29(3)25(20)31)24-21(19-12-7-13-33-19)27-17-10-4-5-11-18(17)30(22)24/h4,6-10,12-14,21,27H,5,11H2,1-3H3. The maximum absolute atomic E-state index is 13.6. The Morgan fingerprint density at radius 1 is 1.09 bits per heavy atom. The van der Waals surface area contributed by atoms with E-state index in [1.54, 1.807) is 17.9 Å². The second-order valence-corrected chi connectivity index (χ2v) is 8.76. The smallest absolute Gasteiger partial charge is 0.331 e. The summed E-state index contributed by atoms with van der Waals surface area (Å²) < 4.78 is 10.8. The first-order valence-electron chi connectivity index (χ1n) is 11.1. The number of hydrogen-bond donors (Lipinski definition) is 1. The minimum atomic E-state index is -0.349. The lowest BCUT2D eigenvalue weighted by Crippen LogP contribution is -2.37. The maximum Gasteiger partial charge on any atom is 0.331 e. The zero-order chi connectivity index (χ0) is 22.9. The molecule has 3 aromatic heterocycles. The summed E-state index contributed by atoms with van der Waals surface area (Å²) in [6, 6.07) is 11.6. The normalized spacial score (nSPS) is 17.2. The summed E-state index contributed by atoms with van der Waals surface area (Å²) in [5, 5.41) is 4.16. The predicted molar refractivity (Wildman–Crippen MR) is 128 cm³/mol. The lowest BCUT2D eigenvalue weighted by Gasteiger charge is -2.32. The number of hydrogen-bond acceptors (Lipinski definition) is 4. The van der Waals surface area contributed by atoms with Gasteiger partial charge in [-0.05, 0) is 49.6 Å². The summed E-state index contributed by atoms with van der Waals surface area (Å²) >= 11 is 0. The fraction of sp³-hybridized carbons (Fsp3) is 0.231. The van der Waals surface area contributed by atoms with Gasteiger partial charge in [0.15, 0.2) is 0 Å². The van der Waals surface area contributed by atoms with Crippen LogP contribution in [0.2, 0.25) is 0 Å². The molecule has 7 heteroatoms. The van der Waals surface area contributed by atoms with E-state index < -0.39 is 0 Å². The summed E-state index contributed by atoms with van der Waals surface area (Å²) in [5.74, 6) is 0.727. The number of nitrogens with one attached hydrogen (secondary N) is 1. The van der Waals surface area contributed by atoms with Crippen molar-refractivity contribution in [3.8, 4) is 11.3 Å². The number of furan rings is 1. The van der Waals surface area contributed by atoms with Crippen molar-refractivity contribution in [1.29, 1.82) is 0 Å². The minimum Gasteiger partial charge on any atom is -0.467 e. The maximum atomic E-state index is 13.6. The summed E-state index contributed by atoms with van der Waals surface area (Å²) in [7, 11) is 3.27. The summed E-state index contributed by atoms with van der Waals surface area (Å²) in [4.78, 5) is 26.6. The highest BCUT2D eigenvalue weighted by molar-refractivity contribution is 5.99. The second-order valence-electron chi connectivity index (χ2n) is 8.76. The third-order valence-corrected chi connectivity index (χ3v) is 6.71. The van der Waals surface area contributed by atoms with E-state index in [4.69, 9.17) is 4.42 Å². The number of nitrogens with zero attached hydrogens (tertiary/aromatic N) is 3. The van der Waals surface area contributed by atoms with Gasteiger partial charge in [-0.15, -0.1) is 0 Å². The highest BCUT2D eigenvalue weighted by Gasteiger charge is 2.36. The lowest BCUT2D eigenvalue weighted by molar-refractivity contribution is 0.453. The Balaban J connectivity index is 1.87. The zero-order valence-corrected chi connectivity index (χ0v) is 18.8. The van der Waals surface area contributed by atoms with Gasteiger partial charge in [-0.3, -0.25) is 13.9 Å². The van der Waals surface area contributed by atoms with Crippen LogP contribution in [0.15, 0.2) is 74.5 Å². The van der Waals surface area contributed by atoms with E-state index in [0.29, 0.717) is 10.9 Å². The van der Waals surface area contributed by atoms with E-state index in [0.717, 1.165) is 52.5 Å². The van der Waals surface area contributed by atoms with Crippen molar-refractivity contribution in [2.24, 2.45) is 14.1 Å². The van der Waals surface area contributed by atoms with Gasteiger partial charge in [0.05, 0.1) is 34.3 Å². The van der Waals surface area contributed by atoms with Gasteiger partial charge in [-0.1, -0.05) is 29.8 Å². The molecule has 1 N–H and O–H groups in total. The van der Waals surface area contributed by atoms with Crippen LogP contribution in [0.3, 0.4) is 0 Å². The Bertz CT molecular complexity index is 1610. The first-order chi connectivity index (χ1) is 16.0. The summed E-state index contributed by atoms with van der Waals surface area (Å²) in [6.07, 6.45) is 7.63. The minimum absolute atomic E-state index is 0.293. The number of aromatic nitrogens is 3.